The van der Waals surface area contributed by atoms with Crippen LogP contribution in [0.4, 0.5) is 4.39 Å². The molecule has 8 heteroatoms. The van der Waals surface area contributed by atoms with E-state index in [1.807, 2.05) is 35.9 Å². The average molecular weight is 391 g/mol. The number of aromatic nitrogens is 4. The van der Waals surface area contributed by atoms with Crippen molar-refractivity contribution in [3.05, 3.63) is 81.8 Å². The Hall–Kier alpha value is -3.81. The summed E-state index contributed by atoms with van der Waals surface area (Å²) in [6.07, 6.45) is 0. The molecule has 4 rings (SSSR count). The van der Waals surface area contributed by atoms with Gasteiger partial charge in [-0.05, 0) is 48.9 Å². The van der Waals surface area contributed by atoms with Crippen LogP contribution in [0.25, 0.3) is 22.2 Å². The summed E-state index contributed by atoms with van der Waals surface area (Å²) in [5, 5.41) is 8.94. The van der Waals surface area contributed by atoms with Crippen LogP contribution < -0.4 is 10.9 Å². The molecule has 0 unspecified atom stereocenters. The minimum absolute atomic E-state index is 0.118. The summed E-state index contributed by atoms with van der Waals surface area (Å²) in [6.45, 7) is 1.90. The van der Waals surface area contributed by atoms with Gasteiger partial charge in [0, 0.05) is 12.6 Å². The van der Waals surface area contributed by atoms with Crippen LogP contribution >= 0.6 is 0 Å². The zero-order valence-corrected chi connectivity index (χ0v) is 15.9. The van der Waals surface area contributed by atoms with Crippen LogP contribution in [-0.4, -0.2) is 25.7 Å². The summed E-state index contributed by atoms with van der Waals surface area (Å²) in [6, 6.07) is 13.0. The highest BCUT2D eigenvalue weighted by molar-refractivity contribution is 5.95. The first-order valence-electron chi connectivity index (χ1n) is 8.98. The number of carbonyl (C=O) groups is 1. The van der Waals surface area contributed by atoms with Crippen LogP contribution in [0.1, 0.15) is 21.9 Å². The first-order valence-corrected chi connectivity index (χ1v) is 8.98. The second-order valence-electron chi connectivity index (χ2n) is 6.74. The van der Waals surface area contributed by atoms with Crippen molar-refractivity contribution >= 4 is 16.9 Å². The van der Waals surface area contributed by atoms with E-state index in [4.69, 9.17) is 0 Å². The molecule has 7 nitrogen and oxygen atoms in total. The lowest BCUT2D eigenvalue weighted by Crippen LogP contribution is -2.24. The molecule has 0 aliphatic carbocycles. The Labute approximate surface area is 165 Å². The summed E-state index contributed by atoms with van der Waals surface area (Å²) in [7, 11) is 1.87. The number of imidazole rings is 1. The number of nitrogens with zero attached hydrogens (tertiary/aromatic N) is 3. The van der Waals surface area contributed by atoms with Gasteiger partial charge in [-0.15, -0.1) is 0 Å². The molecule has 2 heterocycles. The number of amides is 1. The van der Waals surface area contributed by atoms with E-state index >= 15 is 0 Å². The van der Waals surface area contributed by atoms with Gasteiger partial charge < -0.3 is 9.88 Å². The topological polar surface area (TPSA) is 92.7 Å². The lowest BCUT2D eigenvalue weighted by atomic mass is 10.0. The minimum atomic E-state index is -0.607. The maximum absolute atomic E-state index is 14.1. The van der Waals surface area contributed by atoms with E-state index in [1.165, 1.54) is 12.1 Å². The lowest BCUT2D eigenvalue weighted by Gasteiger charge is -2.08. The van der Waals surface area contributed by atoms with Gasteiger partial charge in [-0.2, -0.15) is 5.10 Å². The third kappa shape index (κ3) is 3.64. The highest BCUT2D eigenvalue weighted by atomic mass is 19.1. The number of halogens is 1. The molecule has 0 saturated heterocycles. The molecule has 0 radical (unpaired) electrons. The van der Waals surface area contributed by atoms with Gasteiger partial charge in [0.25, 0.3) is 11.5 Å². The second-order valence-corrected chi connectivity index (χ2v) is 6.74. The number of aromatic amines is 1. The molecule has 0 bridgehead atoms. The van der Waals surface area contributed by atoms with E-state index in [2.05, 4.69) is 20.5 Å². The fraction of sp³-hybridized carbons (Fsp3) is 0.143. The van der Waals surface area contributed by atoms with Gasteiger partial charge in [-0.25, -0.2) is 14.5 Å². The summed E-state index contributed by atoms with van der Waals surface area (Å²) >= 11 is 0. The number of nitrogens with one attached hydrogen (secondary N) is 2. The van der Waals surface area contributed by atoms with Gasteiger partial charge in [-0.3, -0.25) is 9.59 Å². The third-order valence-electron chi connectivity index (χ3n) is 4.69. The maximum Gasteiger partial charge on any atom is 0.272 e. The molecule has 2 aromatic carbocycles. The van der Waals surface area contributed by atoms with Crippen LogP contribution in [0.15, 0.2) is 53.3 Å². The molecule has 0 aliphatic rings. The summed E-state index contributed by atoms with van der Waals surface area (Å²) in [5.74, 6) is -0.387. The van der Waals surface area contributed by atoms with Crippen molar-refractivity contribution in [1.29, 1.82) is 0 Å². The van der Waals surface area contributed by atoms with Crippen molar-refractivity contribution in [3.63, 3.8) is 0 Å². The van der Waals surface area contributed by atoms with Gasteiger partial charge >= 0.3 is 0 Å². The van der Waals surface area contributed by atoms with Crippen LogP contribution in [0.5, 0.6) is 0 Å². The molecular weight excluding hydrogens is 373 g/mol. The predicted molar refractivity (Wildman–Crippen MR) is 107 cm³/mol. The number of aryl methyl sites for hydroxylation is 2. The molecule has 2 N–H and O–H groups in total. The van der Waals surface area contributed by atoms with E-state index in [9.17, 15) is 14.0 Å². The Morgan fingerprint density at radius 2 is 2.00 bits per heavy atom. The van der Waals surface area contributed by atoms with E-state index in [0.29, 0.717) is 17.1 Å². The monoisotopic (exact) mass is 391 g/mol. The van der Waals surface area contributed by atoms with Gasteiger partial charge in [0.2, 0.25) is 0 Å². The van der Waals surface area contributed by atoms with Crippen LogP contribution in [0, 0.1) is 12.7 Å². The normalized spacial score (nSPS) is 11.0. The van der Waals surface area contributed by atoms with Crippen LogP contribution in [0.3, 0.4) is 0 Å². The molecule has 1 amide bonds. The fourth-order valence-corrected chi connectivity index (χ4v) is 3.21. The summed E-state index contributed by atoms with van der Waals surface area (Å²) in [4.78, 5) is 29.2. The SMILES string of the molecule is Cc1cc(-c2cc(F)cc(C(=O)NCc3nc4ccccc4n3C)c2)c(=O)[nH]n1. The number of H-pyrrole nitrogens is 1. The van der Waals surface area contributed by atoms with E-state index in [1.54, 1.807) is 13.0 Å². The van der Waals surface area contributed by atoms with Gasteiger partial charge in [0.1, 0.15) is 11.6 Å². The smallest absolute Gasteiger partial charge is 0.272 e. The number of benzene rings is 2. The Balaban J connectivity index is 1.60. The number of rotatable bonds is 4. The average Bonchev–Trinajstić information content (AvgIpc) is 3.03. The third-order valence-corrected chi connectivity index (χ3v) is 4.69. The number of hydrogen-bond acceptors (Lipinski definition) is 4. The second kappa shape index (κ2) is 7.31. The van der Waals surface area contributed by atoms with E-state index < -0.39 is 17.3 Å². The van der Waals surface area contributed by atoms with E-state index in [-0.39, 0.29) is 17.7 Å². The Morgan fingerprint density at radius 1 is 1.21 bits per heavy atom. The number of para-hydroxylation sites is 2. The first kappa shape index (κ1) is 18.5. The Bertz CT molecular complexity index is 1290. The molecule has 29 heavy (non-hydrogen) atoms. The molecule has 146 valence electrons. The van der Waals surface area contributed by atoms with Gasteiger partial charge in [-0.1, -0.05) is 12.1 Å². The van der Waals surface area contributed by atoms with Crippen molar-refractivity contribution in [2.75, 3.05) is 0 Å². The van der Waals surface area contributed by atoms with Gasteiger partial charge in [0.15, 0.2) is 0 Å². The van der Waals surface area contributed by atoms with Crippen LogP contribution in [0.2, 0.25) is 0 Å². The van der Waals surface area contributed by atoms with Crippen molar-refractivity contribution in [3.8, 4) is 11.1 Å². The molecule has 2 aromatic heterocycles. The highest BCUT2D eigenvalue weighted by Crippen LogP contribution is 2.20. The standard InChI is InChI=1S/C21H18FN5O2/c1-12-7-16(21(29)26-25-12)13-8-14(10-15(22)9-13)20(28)23-11-19-24-17-5-3-4-6-18(17)27(19)2/h3-10H,11H2,1-2H3,(H,23,28)(H,26,29). The Morgan fingerprint density at radius 3 is 2.79 bits per heavy atom. The number of fused-ring (bicyclic) bond motifs is 1. The largest absolute Gasteiger partial charge is 0.345 e. The number of hydrogen-bond donors (Lipinski definition) is 2. The molecule has 0 spiro atoms. The van der Waals surface area contributed by atoms with Crippen molar-refractivity contribution < 1.29 is 9.18 Å². The summed E-state index contributed by atoms with van der Waals surface area (Å²) < 4.78 is 16.0. The zero-order chi connectivity index (χ0) is 20.5. The molecule has 0 atom stereocenters. The lowest BCUT2D eigenvalue weighted by molar-refractivity contribution is 0.0949. The predicted octanol–water partition coefficient (Wildman–Crippen LogP) is 2.70. The zero-order valence-electron chi connectivity index (χ0n) is 15.9. The minimum Gasteiger partial charge on any atom is -0.345 e. The highest BCUT2D eigenvalue weighted by Gasteiger charge is 2.14. The molecule has 4 aromatic rings. The van der Waals surface area contributed by atoms with Crippen molar-refractivity contribution in [1.82, 2.24) is 25.1 Å². The van der Waals surface area contributed by atoms with Crippen molar-refractivity contribution in [2.45, 2.75) is 13.5 Å². The molecule has 0 saturated carbocycles. The molecule has 0 fully saturated rings. The maximum atomic E-state index is 14.1. The quantitative estimate of drug-likeness (QED) is 0.559. The fourth-order valence-electron chi connectivity index (χ4n) is 3.21. The summed E-state index contributed by atoms with van der Waals surface area (Å²) in [5.41, 5.74) is 2.60. The van der Waals surface area contributed by atoms with Crippen molar-refractivity contribution in [2.24, 2.45) is 7.05 Å². The Kier molecular flexibility index (Phi) is 4.67. The first-order chi connectivity index (χ1) is 13.9. The molecular formula is C21H18FN5O2. The molecule has 0 aliphatic heterocycles. The van der Waals surface area contributed by atoms with Gasteiger partial charge in [0.05, 0.1) is 28.8 Å². The number of carbonyl (C=O) groups excluding carboxylic acids is 1. The van der Waals surface area contributed by atoms with E-state index in [0.717, 1.165) is 17.1 Å². The van der Waals surface area contributed by atoms with Crippen LogP contribution in [-0.2, 0) is 13.6 Å².